The van der Waals surface area contributed by atoms with Crippen LogP contribution in [0.3, 0.4) is 0 Å². The van der Waals surface area contributed by atoms with Crippen LogP contribution in [0.2, 0.25) is 0 Å². The zero-order chi connectivity index (χ0) is 30.9. The molecule has 8 saturated carbocycles. The van der Waals surface area contributed by atoms with Gasteiger partial charge in [0.15, 0.2) is 11.5 Å². The highest BCUT2D eigenvalue weighted by Crippen LogP contribution is 2.71. The van der Waals surface area contributed by atoms with E-state index in [9.17, 15) is 10.2 Å². The summed E-state index contributed by atoms with van der Waals surface area (Å²) < 4.78 is 0. The first kappa shape index (κ1) is 28.2. The third kappa shape index (κ3) is 4.27. The molecule has 0 aliphatic heterocycles. The fourth-order valence-corrected chi connectivity index (χ4v) is 13.9. The minimum Gasteiger partial charge on any atom is -0.505 e. The van der Waals surface area contributed by atoms with Gasteiger partial charge >= 0.3 is 0 Å². The van der Waals surface area contributed by atoms with E-state index in [2.05, 4.69) is 63.5 Å². The van der Waals surface area contributed by atoms with Crippen LogP contribution in [-0.2, 0) is 10.8 Å². The molecule has 8 aliphatic carbocycles. The minimum absolute atomic E-state index is 0.0306. The fraction of sp³-hybridized carbons (Fsp3) is 0.600. The zero-order valence-electron chi connectivity index (χ0n) is 27.0. The predicted molar refractivity (Wildman–Crippen MR) is 177 cm³/mol. The number of phenols is 2. The summed E-state index contributed by atoms with van der Waals surface area (Å²) in [6, 6.07) is 8.16. The Morgan fingerprint density at radius 1 is 0.545 bits per heavy atom. The average Bonchev–Trinajstić information content (AvgIpc) is 2.86. The van der Waals surface area contributed by atoms with E-state index < -0.39 is 0 Å². The quantitative estimate of drug-likeness (QED) is 0.162. The van der Waals surface area contributed by atoms with Gasteiger partial charge in [-0.1, -0.05) is 27.7 Å². The summed E-state index contributed by atoms with van der Waals surface area (Å²) in [6.07, 6.45) is 15.1. The van der Waals surface area contributed by atoms with Crippen LogP contribution in [-0.4, -0.2) is 10.2 Å². The van der Waals surface area contributed by atoms with Crippen molar-refractivity contribution in [2.75, 3.05) is 11.5 Å². The number of phenolic OH excluding ortho intramolecular Hbond substituents is 2. The summed E-state index contributed by atoms with van der Waals surface area (Å²) in [5, 5.41) is 21.8. The van der Waals surface area contributed by atoms with Crippen LogP contribution >= 0.6 is 0 Å². The number of nitrogen functional groups attached to an aromatic ring is 2. The molecule has 0 saturated heterocycles. The third-order valence-electron chi connectivity index (χ3n) is 13.2. The molecule has 4 nitrogen and oxygen atoms in total. The van der Waals surface area contributed by atoms with Gasteiger partial charge < -0.3 is 21.7 Å². The lowest BCUT2D eigenvalue weighted by Crippen LogP contribution is -2.56. The normalized spacial score (nSPS) is 42.5. The van der Waals surface area contributed by atoms with Gasteiger partial charge in [-0.15, -0.1) is 0 Å². The highest BCUT2D eigenvalue weighted by molar-refractivity contribution is 5.67. The van der Waals surface area contributed by atoms with Crippen LogP contribution in [0.5, 0.6) is 11.5 Å². The molecule has 8 bridgehead atoms. The first-order chi connectivity index (χ1) is 20.6. The van der Waals surface area contributed by atoms with Gasteiger partial charge in [0.05, 0.1) is 22.5 Å². The Balaban J connectivity index is 1.11. The van der Waals surface area contributed by atoms with Crippen LogP contribution in [0.15, 0.2) is 24.3 Å². The SMILES string of the molecule is CC12CC3CC(C)(C1)CC(c1cc(N)c(O)c(C#CC#Cc4cc(C56CC7CC(C)(CC(C)(C7)C5)C6)cc(N)c4O)c1)(C3)C2. The van der Waals surface area contributed by atoms with E-state index in [0.29, 0.717) is 44.2 Å². The third-order valence-corrected chi connectivity index (χ3v) is 13.2. The molecule has 8 fully saturated rings. The van der Waals surface area contributed by atoms with Crippen molar-refractivity contribution >= 4 is 11.4 Å². The summed E-state index contributed by atoms with van der Waals surface area (Å²) >= 11 is 0. The van der Waals surface area contributed by atoms with Gasteiger partial charge in [-0.25, -0.2) is 0 Å². The van der Waals surface area contributed by atoms with E-state index >= 15 is 0 Å². The van der Waals surface area contributed by atoms with E-state index in [0.717, 1.165) is 11.8 Å². The standard InChI is InChI=1S/C40H48N2O2/c1-35-13-25-14-36(2,19-35)22-39(17-25,21-35)29-9-27(33(43)31(41)11-29)7-5-6-8-28-10-30(12-32(42)34(28)44)40-18-26-15-37(3,23-40)20-38(4,16-26)24-40/h9-12,25-26,43-44H,13-24,41-42H2,1-4H3. The number of rotatable bonds is 2. The van der Waals surface area contributed by atoms with Crippen molar-refractivity contribution in [3.05, 3.63) is 46.5 Å². The molecule has 4 atom stereocenters. The van der Waals surface area contributed by atoms with Crippen LogP contribution in [0.1, 0.15) is 127 Å². The van der Waals surface area contributed by atoms with Crippen molar-refractivity contribution in [1.29, 1.82) is 0 Å². The van der Waals surface area contributed by atoms with Gasteiger partial charge in [0, 0.05) is 0 Å². The topological polar surface area (TPSA) is 92.5 Å². The highest BCUT2D eigenvalue weighted by atomic mass is 16.3. The first-order valence-corrected chi connectivity index (χ1v) is 16.9. The second kappa shape index (κ2) is 8.72. The number of hydrogen-bond donors (Lipinski definition) is 4. The molecule has 10 rings (SSSR count). The molecule has 44 heavy (non-hydrogen) atoms. The molecule has 2 aromatic rings. The fourth-order valence-electron chi connectivity index (χ4n) is 13.9. The average molecular weight is 589 g/mol. The largest absolute Gasteiger partial charge is 0.505 e. The molecule has 230 valence electrons. The summed E-state index contributed by atoms with van der Waals surface area (Å²) in [5.74, 6) is 13.8. The molecule has 4 heteroatoms. The lowest BCUT2D eigenvalue weighted by Gasteiger charge is -2.65. The van der Waals surface area contributed by atoms with Crippen molar-refractivity contribution in [2.24, 2.45) is 33.5 Å². The van der Waals surface area contributed by atoms with E-state index in [1.54, 1.807) is 0 Å². The van der Waals surface area contributed by atoms with Crippen molar-refractivity contribution in [1.82, 2.24) is 0 Å². The molecular formula is C40H48N2O2. The molecule has 0 aromatic heterocycles. The van der Waals surface area contributed by atoms with Gasteiger partial charge in [-0.05, 0) is 180 Å². The maximum Gasteiger partial charge on any atom is 0.154 e. The molecule has 0 radical (unpaired) electrons. The number of nitrogens with two attached hydrogens (primary N) is 2. The molecule has 0 amide bonds. The van der Waals surface area contributed by atoms with Crippen LogP contribution in [0, 0.1) is 57.2 Å². The second-order valence-corrected chi connectivity index (χ2v) is 18.2. The van der Waals surface area contributed by atoms with Gasteiger partial charge in [-0.2, -0.15) is 0 Å². The highest BCUT2D eigenvalue weighted by Gasteiger charge is 2.61. The summed E-state index contributed by atoms with van der Waals surface area (Å²) in [6.45, 7) is 9.91. The minimum atomic E-state index is 0.0306. The molecule has 2 aromatic carbocycles. The lowest BCUT2D eigenvalue weighted by molar-refractivity contribution is -0.110. The Labute approximate surface area is 263 Å². The van der Waals surface area contributed by atoms with Crippen molar-refractivity contribution < 1.29 is 10.2 Å². The number of benzene rings is 2. The Kier molecular flexibility index (Phi) is 5.60. The molecule has 0 spiro atoms. The Bertz CT molecular complexity index is 1570. The lowest BCUT2D eigenvalue weighted by atomic mass is 9.39. The van der Waals surface area contributed by atoms with Gasteiger partial charge in [0.25, 0.3) is 0 Å². The predicted octanol–water partition coefficient (Wildman–Crippen LogP) is 8.16. The van der Waals surface area contributed by atoms with Gasteiger partial charge in [0.2, 0.25) is 0 Å². The van der Waals surface area contributed by atoms with Crippen LogP contribution < -0.4 is 11.5 Å². The Morgan fingerprint density at radius 2 is 0.886 bits per heavy atom. The van der Waals surface area contributed by atoms with Crippen molar-refractivity contribution in [2.45, 2.75) is 116 Å². The van der Waals surface area contributed by atoms with E-state index in [1.807, 2.05) is 12.1 Å². The van der Waals surface area contributed by atoms with Crippen molar-refractivity contribution in [3.63, 3.8) is 0 Å². The molecule has 4 unspecified atom stereocenters. The smallest absolute Gasteiger partial charge is 0.154 e. The molecule has 0 heterocycles. The maximum absolute atomic E-state index is 10.9. The monoisotopic (exact) mass is 588 g/mol. The van der Waals surface area contributed by atoms with Crippen LogP contribution in [0.25, 0.3) is 0 Å². The number of aromatic hydroxyl groups is 2. The zero-order valence-corrected chi connectivity index (χ0v) is 27.0. The first-order valence-electron chi connectivity index (χ1n) is 16.9. The summed E-state index contributed by atoms with van der Waals surface area (Å²) in [7, 11) is 0. The Morgan fingerprint density at radius 3 is 1.20 bits per heavy atom. The molecule has 8 aliphatic rings. The van der Waals surface area contributed by atoms with Crippen LogP contribution in [0.4, 0.5) is 11.4 Å². The maximum atomic E-state index is 10.9. The number of hydrogen-bond acceptors (Lipinski definition) is 4. The molecule has 6 N–H and O–H groups in total. The van der Waals surface area contributed by atoms with E-state index in [4.69, 9.17) is 11.5 Å². The van der Waals surface area contributed by atoms with E-state index in [1.165, 1.54) is 88.2 Å². The summed E-state index contributed by atoms with van der Waals surface area (Å²) in [5.41, 5.74) is 18.8. The summed E-state index contributed by atoms with van der Waals surface area (Å²) in [4.78, 5) is 0. The van der Waals surface area contributed by atoms with E-state index in [-0.39, 0.29) is 22.3 Å². The second-order valence-electron chi connectivity index (χ2n) is 18.2. The molecular weight excluding hydrogens is 540 g/mol. The van der Waals surface area contributed by atoms with Gasteiger partial charge in [-0.3, -0.25) is 0 Å². The van der Waals surface area contributed by atoms with Gasteiger partial charge in [0.1, 0.15) is 0 Å². The van der Waals surface area contributed by atoms with Crippen molar-refractivity contribution in [3.8, 4) is 35.2 Å². The Hall–Kier alpha value is -3.24. The number of anilines is 2.